The maximum atomic E-state index is 10.8. The monoisotopic (exact) mass is 263 g/mol. The molecule has 1 fully saturated rings. The van der Waals surface area contributed by atoms with Gasteiger partial charge in [-0.3, -0.25) is 4.79 Å². The highest BCUT2D eigenvalue weighted by atomic mass is 16.5. The number of carboxylic acids is 1. The van der Waals surface area contributed by atoms with E-state index in [1.807, 2.05) is 0 Å². The van der Waals surface area contributed by atoms with Crippen molar-refractivity contribution in [2.75, 3.05) is 13.2 Å². The number of aryl methyl sites for hydroxylation is 1. The van der Waals surface area contributed by atoms with Crippen LogP contribution in [0.25, 0.3) is 0 Å². The Kier molecular flexibility index (Phi) is 4.22. The van der Waals surface area contributed by atoms with Gasteiger partial charge < -0.3 is 15.6 Å². The van der Waals surface area contributed by atoms with Crippen molar-refractivity contribution in [3.8, 4) is 0 Å². The van der Waals surface area contributed by atoms with Crippen LogP contribution in [0.5, 0.6) is 0 Å². The lowest BCUT2D eigenvalue weighted by atomic mass is 9.71. The molecule has 0 spiro atoms. The summed E-state index contributed by atoms with van der Waals surface area (Å²) >= 11 is 0. The lowest BCUT2D eigenvalue weighted by molar-refractivity contribution is -0.140. The first kappa shape index (κ1) is 14.0. The highest BCUT2D eigenvalue weighted by Crippen LogP contribution is 2.36. The molecule has 1 aromatic carbocycles. The normalized spacial score (nSPS) is 18.6. The molecule has 1 aromatic rings. The van der Waals surface area contributed by atoms with E-state index < -0.39 is 12.0 Å². The first-order chi connectivity index (χ1) is 9.08. The number of hydrogen-bond donors (Lipinski definition) is 2. The van der Waals surface area contributed by atoms with Gasteiger partial charge in [0, 0.05) is 6.04 Å². The molecule has 3 N–H and O–H groups in total. The van der Waals surface area contributed by atoms with E-state index in [1.54, 1.807) is 0 Å². The van der Waals surface area contributed by atoms with Gasteiger partial charge in [0.05, 0.1) is 25.0 Å². The van der Waals surface area contributed by atoms with E-state index >= 15 is 0 Å². The van der Waals surface area contributed by atoms with Crippen molar-refractivity contribution in [2.45, 2.75) is 37.6 Å². The lowest BCUT2D eigenvalue weighted by Gasteiger charge is -2.45. The summed E-state index contributed by atoms with van der Waals surface area (Å²) in [6.45, 7) is 3.17. The highest BCUT2D eigenvalue weighted by molar-refractivity contribution is 5.68. The van der Waals surface area contributed by atoms with Gasteiger partial charge in [-0.05, 0) is 17.5 Å². The summed E-state index contributed by atoms with van der Waals surface area (Å²) in [7, 11) is 0. The molecule has 19 heavy (non-hydrogen) atoms. The number of nitrogens with two attached hydrogens (primary N) is 1. The van der Waals surface area contributed by atoms with Crippen LogP contribution in [0, 0.1) is 0 Å². The zero-order valence-electron chi connectivity index (χ0n) is 11.3. The molecule has 1 aliphatic rings. The Balaban J connectivity index is 2.18. The minimum atomic E-state index is -0.860. The fraction of sp³-hybridized carbons (Fsp3) is 0.533. The van der Waals surface area contributed by atoms with Crippen LogP contribution in [-0.4, -0.2) is 30.3 Å². The summed E-state index contributed by atoms with van der Waals surface area (Å²) in [5.41, 5.74) is 8.14. The van der Waals surface area contributed by atoms with Crippen molar-refractivity contribution in [1.82, 2.24) is 0 Å². The number of aliphatic carboxylic acids is 1. The largest absolute Gasteiger partial charge is 0.481 e. The van der Waals surface area contributed by atoms with Gasteiger partial charge in [-0.1, -0.05) is 37.6 Å². The molecule has 4 heteroatoms. The van der Waals surface area contributed by atoms with E-state index in [1.165, 1.54) is 5.56 Å². The number of benzene rings is 1. The molecule has 1 aliphatic heterocycles. The van der Waals surface area contributed by atoms with Crippen LogP contribution in [0.1, 0.15) is 30.9 Å². The summed E-state index contributed by atoms with van der Waals surface area (Å²) < 4.78 is 5.30. The maximum absolute atomic E-state index is 10.8. The first-order valence-electron chi connectivity index (χ1n) is 6.73. The van der Waals surface area contributed by atoms with Crippen LogP contribution in [0.4, 0.5) is 0 Å². The van der Waals surface area contributed by atoms with E-state index in [9.17, 15) is 4.79 Å². The summed E-state index contributed by atoms with van der Waals surface area (Å²) in [5.74, 6) is -0.860. The molecule has 1 atom stereocenters. The Bertz CT molecular complexity index is 437. The quantitative estimate of drug-likeness (QED) is 0.819. The third kappa shape index (κ3) is 2.80. The fourth-order valence-electron chi connectivity index (χ4n) is 2.59. The molecule has 0 amide bonds. The molecule has 0 bridgehead atoms. The molecule has 0 radical (unpaired) electrons. The number of hydrogen-bond acceptors (Lipinski definition) is 3. The molecule has 1 heterocycles. The van der Waals surface area contributed by atoms with E-state index in [-0.39, 0.29) is 11.8 Å². The van der Waals surface area contributed by atoms with Crippen molar-refractivity contribution in [3.63, 3.8) is 0 Å². The molecule has 104 valence electrons. The zero-order chi connectivity index (χ0) is 13.9. The SMILES string of the molecule is CCCc1ccc(C2(C(N)CC(=O)O)COC2)cc1. The van der Waals surface area contributed by atoms with Crippen molar-refractivity contribution >= 4 is 5.97 Å². The third-order valence-electron chi connectivity index (χ3n) is 3.89. The van der Waals surface area contributed by atoms with Crippen LogP contribution in [0.2, 0.25) is 0 Å². The summed E-state index contributed by atoms with van der Waals surface area (Å²) in [6, 6.07) is 7.93. The molecule has 1 saturated heterocycles. The van der Waals surface area contributed by atoms with Crippen LogP contribution in [0.3, 0.4) is 0 Å². The standard InChI is InChI=1S/C15H21NO3/c1-2-3-11-4-6-12(7-5-11)15(9-19-10-15)13(16)8-14(17)18/h4-7,13H,2-3,8-10,16H2,1H3,(H,17,18). The first-order valence-corrected chi connectivity index (χ1v) is 6.73. The second-order valence-electron chi connectivity index (χ2n) is 5.30. The average Bonchev–Trinajstić information content (AvgIpc) is 2.29. The Morgan fingerprint density at radius 1 is 1.42 bits per heavy atom. The minimum absolute atomic E-state index is 0.0277. The van der Waals surface area contributed by atoms with Gasteiger partial charge in [-0.2, -0.15) is 0 Å². The maximum Gasteiger partial charge on any atom is 0.304 e. The van der Waals surface area contributed by atoms with E-state index in [0.29, 0.717) is 13.2 Å². The van der Waals surface area contributed by atoms with E-state index in [2.05, 4.69) is 31.2 Å². The van der Waals surface area contributed by atoms with Crippen molar-refractivity contribution < 1.29 is 14.6 Å². The molecular weight excluding hydrogens is 242 g/mol. The highest BCUT2D eigenvalue weighted by Gasteiger charge is 2.46. The van der Waals surface area contributed by atoms with Crippen LogP contribution in [-0.2, 0) is 21.4 Å². The van der Waals surface area contributed by atoms with Gasteiger partial charge in [-0.25, -0.2) is 0 Å². The molecule has 1 unspecified atom stereocenters. The number of ether oxygens (including phenoxy) is 1. The Morgan fingerprint density at radius 3 is 2.47 bits per heavy atom. The van der Waals surface area contributed by atoms with Gasteiger partial charge in [-0.15, -0.1) is 0 Å². The van der Waals surface area contributed by atoms with Gasteiger partial charge in [0.15, 0.2) is 0 Å². The number of carboxylic acid groups (broad SMARTS) is 1. The molecule has 0 saturated carbocycles. The second kappa shape index (κ2) is 5.72. The lowest BCUT2D eigenvalue weighted by Crippen LogP contribution is -2.59. The minimum Gasteiger partial charge on any atom is -0.481 e. The van der Waals surface area contributed by atoms with Crippen LogP contribution in [0.15, 0.2) is 24.3 Å². The molecule has 0 aromatic heterocycles. The van der Waals surface area contributed by atoms with E-state index in [0.717, 1.165) is 18.4 Å². The molecule has 2 rings (SSSR count). The third-order valence-corrected chi connectivity index (χ3v) is 3.89. The smallest absolute Gasteiger partial charge is 0.304 e. The van der Waals surface area contributed by atoms with Gasteiger partial charge in [0.1, 0.15) is 0 Å². The molecular formula is C15H21NO3. The van der Waals surface area contributed by atoms with Crippen LogP contribution < -0.4 is 5.73 Å². The summed E-state index contributed by atoms with van der Waals surface area (Å²) in [6.07, 6.45) is 2.15. The fourth-order valence-corrected chi connectivity index (χ4v) is 2.59. The topological polar surface area (TPSA) is 72.6 Å². The molecule has 4 nitrogen and oxygen atoms in total. The van der Waals surface area contributed by atoms with Crippen LogP contribution >= 0.6 is 0 Å². The predicted molar refractivity (Wildman–Crippen MR) is 73.2 cm³/mol. The second-order valence-corrected chi connectivity index (χ2v) is 5.30. The Morgan fingerprint density at radius 2 is 2.05 bits per heavy atom. The Hall–Kier alpha value is -1.39. The summed E-state index contributed by atoms with van der Waals surface area (Å²) in [5, 5.41) is 8.91. The zero-order valence-corrected chi connectivity index (χ0v) is 11.3. The molecule has 0 aliphatic carbocycles. The Labute approximate surface area is 113 Å². The number of carbonyl (C=O) groups is 1. The van der Waals surface area contributed by atoms with Crippen molar-refractivity contribution in [1.29, 1.82) is 0 Å². The predicted octanol–water partition coefficient (Wildman–Crippen LogP) is 1.71. The van der Waals surface area contributed by atoms with Gasteiger partial charge in [0.25, 0.3) is 0 Å². The van der Waals surface area contributed by atoms with Gasteiger partial charge in [0.2, 0.25) is 0 Å². The average molecular weight is 263 g/mol. The van der Waals surface area contributed by atoms with Crippen molar-refractivity contribution in [3.05, 3.63) is 35.4 Å². The van der Waals surface area contributed by atoms with E-state index in [4.69, 9.17) is 15.6 Å². The van der Waals surface area contributed by atoms with Crippen molar-refractivity contribution in [2.24, 2.45) is 5.73 Å². The number of rotatable bonds is 6. The summed E-state index contributed by atoms with van der Waals surface area (Å²) in [4.78, 5) is 10.8. The van der Waals surface area contributed by atoms with Gasteiger partial charge >= 0.3 is 5.97 Å².